The minimum atomic E-state index is -0.0250. The number of anilines is 1. The normalized spacial score (nSPS) is 13.4. The largest absolute Gasteiger partial charge is 0.399 e. The standard InChI is InChI=1S/C15H12BrClN2O/c16-12-3-10(4-13(17)6-12)15(20)19-7-9-1-2-14(18)5-11(9)8-19/h1-6H,7-8,18H2. The molecule has 1 aliphatic heterocycles. The highest BCUT2D eigenvalue weighted by molar-refractivity contribution is 9.10. The number of halogens is 2. The number of hydrogen-bond donors (Lipinski definition) is 1. The molecular formula is C15H12BrClN2O. The molecule has 0 saturated carbocycles. The smallest absolute Gasteiger partial charge is 0.254 e. The van der Waals surface area contributed by atoms with E-state index in [9.17, 15) is 4.79 Å². The lowest BCUT2D eigenvalue weighted by atomic mass is 10.1. The molecule has 2 aromatic rings. The lowest BCUT2D eigenvalue weighted by molar-refractivity contribution is 0.0751. The second-order valence-corrected chi connectivity index (χ2v) is 6.20. The van der Waals surface area contributed by atoms with Crippen LogP contribution in [0.25, 0.3) is 0 Å². The summed E-state index contributed by atoms with van der Waals surface area (Å²) in [6.07, 6.45) is 0. The van der Waals surface area contributed by atoms with Crippen molar-refractivity contribution in [3.8, 4) is 0 Å². The Morgan fingerprint density at radius 3 is 2.65 bits per heavy atom. The van der Waals surface area contributed by atoms with Crippen LogP contribution < -0.4 is 5.73 Å². The van der Waals surface area contributed by atoms with E-state index in [2.05, 4.69) is 15.9 Å². The van der Waals surface area contributed by atoms with Crippen LogP contribution in [0.5, 0.6) is 0 Å². The number of hydrogen-bond acceptors (Lipinski definition) is 2. The molecule has 2 aromatic carbocycles. The molecule has 0 aromatic heterocycles. The summed E-state index contributed by atoms with van der Waals surface area (Å²) in [4.78, 5) is 14.3. The lowest BCUT2D eigenvalue weighted by Gasteiger charge is -2.15. The summed E-state index contributed by atoms with van der Waals surface area (Å²) in [5.74, 6) is -0.0250. The van der Waals surface area contributed by atoms with Crippen LogP contribution in [-0.4, -0.2) is 10.8 Å². The van der Waals surface area contributed by atoms with Crippen LogP contribution in [0.3, 0.4) is 0 Å². The van der Waals surface area contributed by atoms with Gasteiger partial charge in [-0.3, -0.25) is 4.79 Å². The summed E-state index contributed by atoms with van der Waals surface area (Å²) in [5, 5.41) is 0.545. The molecule has 0 saturated heterocycles. The van der Waals surface area contributed by atoms with E-state index in [1.807, 2.05) is 18.2 Å². The van der Waals surface area contributed by atoms with Crippen molar-refractivity contribution in [2.24, 2.45) is 0 Å². The number of carbonyl (C=O) groups is 1. The Kier molecular flexibility index (Phi) is 3.44. The number of carbonyl (C=O) groups excluding carboxylic acids is 1. The summed E-state index contributed by atoms with van der Waals surface area (Å²) < 4.78 is 0.800. The molecule has 1 aliphatic rings. The minimum absolute atomic E-state index is 0.0250. The zero-order valence-corrected chi connectivity index (χ0v) is 12.9. The highest BCUT2D eigenvalue weighted by Crippen LogP contribution is 2.27. The van der Waals surface area contributed by atoms with Crippen molar-refractivity contribution >= 4 is 39.1 Å². The van der Waals surface area contributed by atoms with E-state index in [-0.39, 0.29) is 5.91 Å². The molecule has 0 atom stereocenters. The quantitative estimate of drug-likeness (QED) is 0.793. The van der Waals surface area contributed by atoms with E-state index in [1.54, 1.807) is 23.1 Å². The van der Waals surface area contributed by atoms with Gasteiger partial charge in [-0.05, 0) is 41.5 Å². The Morgan fingerprint density at radius 2 is 1.90 bits per heavy atom. The van der Waals surface area contributed by atoms with Gasteiger partial charge in [0.05, 0.1) is 0 Å². The number of benzene rings is 2. The van der Waals surface area contributed by atoms with Gasteiger partial charge in [-0.25, -0.2) is 0 Å². The average Bonchev–Trinajstić information content (AvgIpc) is 2.79. The summed E-state index contributed by atoms with van der Waals surface area (Å²) in [7, 11) is 0. The number of amides is 1. The van der Waals surface area contributed by atoms with Crippen molar-refractivity contribution in [3.63, 3.8) is 0 Å². The van der Waals surface area contributed by atoms with E-state index in [4.69, 9.17) is 17.3 Å². The number of rotatable bonds is 1. The summed E-state index contributed by atoms with van der Waals surface area (Å²) in [5.41, 5.74) is 9.35. The fourth-order valence-electron chi connectivity index (χ4n) is 2.42. The molecule has 3 nitrogen and oxygen atoms in total. The number of nitrogens with two attached hydrogens (primary N) is 1. The Morgan fingerprint density at radius 1 is 1.15 bits per heavy atom. The molecule has 20 heavy (non-hydrogen) atoms. The average molecular weight is 352 g/mol. The lowest BCUT2D eigenvalue weighted by Crippen LogP contribution is -2.25. The molecule has 1 heterocycles. The maximum absolute atomic E-state index is 12.5. The van der Waals surface area contributed by atoms with E-state index >= 15 is 0 Å². The number of nitrogens with zero attached hydrogens (tertiary/aromatic N) is 1. The fourth-order valence-corrected chi connectivity index (χ4v) is 3.28. The van der Waals surface area contributed by atoms with Crippen molar-refractivity contribution in [3.05, 3.63) is 62.6 Å². The topological polar surface area (TPSA) is 46.3 Å². The highest BCUT2D eigenvalue weighted by Gasteiger charge is 2.24. The van der Waals surface area contributed by atoms with E-state index < -0.39 is 0 Å². The Balaban J connectivity index is 1.87. The Bertz CT molecular complexity index is 682. The first-order valence-corrected chi connectivity index (χ1v) is 7.32. The molecule has 2 N–H and O–H groups in total. The monoisotopic (exact) mass is 350 g/mol. The van der Waals surface area contributed by atoms with Gasteiger partial charge >= 0.3 is 0 Å². The van der Waals surface area contributed by atoms with Crippen molar-refractivity contribution < 1.29 is 4.79 Å². The molecule has 0 radical (unpaired) electrons. The fraction of sp³-hybridized carbons (Fsp3) is 0.133. The molecule has 0 bridgehead atoms. The van der Waals surface area contributed by atoms with Gasteiger partial charge in [0.15, 0.2) is 0 Å². The molecule has 1 amide bonds. The SMILES string of the molecule is Nc1ccc2c(c1)CN(C(=O)c1cc(Cl)cc(Br)c1)C2. The molecule has 0 aliphatic carbocycles. The molecule has 102 valence electrons. The number of fused-ring (bicyclic) bond motifs is 1. The van der Waals surface area contributed by atoms with Gasteiger partial charge in [0.25, 0.3) is 5.91 Å². The predicted octanol–water partition coefficient (Wildman–Crippen LogP) is 3.84. The van der Waals surface area contributed by atoms with Crippen LogP contribution >= 0.6 is 27.5 Å². The predicted molar refractivity (Wildman–Crippen MR) is 83.6 cm³/mol. The molecule has 0 fully saturated rings. The zero-order chi connectivity index (χ0) is 14.3. The molecular weight excluding hydrogens is 340 g/mol. The summed E-state index contributed by atoms with van der Waals surface area (Å²) >= 11 is 9.35. The van der Waals surface area contributed by atoms with Crippen LogP contribution in [0.2, 0.25) is 5.02 Å². The van der Waals surface area contributed by atoms with Crippen LogP contribution in [0.15, 0.2) is 40.9 Å². The van der Waals surface area contributed by atoms with Gasteiger partial charge in [0.2, 0.25) is 0 Å². The first-order valence-electron chi connectivity index (χ1n) is 6.15. The maximum atomic E-state index is 12.5. The number of nitrogen functional groups attached to an aromatic ring is 1. The zero-order valence-electron chi connectivity index (χ0n) is 10.6. The third-order valence-electron chi connectivity index (χ3n) is 3.35. The maximum Gasteiger partial charge on any atom is 0.254 e. The van der Waals surface area contributed by atoms with Gasteiger partial charge < -0.3 is 10.6 Å². The highest BCUT2D eigenvalue weighted by atomic mass is 79.9. The summed E-state index contributed by atoms with van der Waals surface area (Å²) in [6.45, 7) is 1.20. The van der Waals surface area contributed by atoms with Crippen molar-refractivity contribution in [1.29, 1.82) is 0 Å². The second kappa shape index (κ2) is 5.11. The summed E-state index contributed by atoms with van der Waals surface area (Å²) in [6, 6.07) is 11.0. The third kappa shape index (κ3) is 2.53. The van der Waals surface area contributed by atoms with Gasteiger partial charge in [-0.15, -0.1) is 0 Å². The van der Waals surface area contributed by atoms with Crippen LogP contribution in [0.1, 0.15) is 21.5 Å². The van der Waals surface area contributed by atoms with Gasteiger partial charge in [0, 0.05) is 33.8 Å². The molecule has 0 unspecified atom stereocenters. The third-order valence-corrected chi connectivity index (χ3v) is 4.03. The molecule has 3 rings (SSSR count). The van der Waals surface area contributed by atoms with E-state index in [0.717, 1.165) is 21.3 Å². The van der Waals surface area contributed by atoms with Crippen LogP contribution in [0.4, 0.5) is 5.69 Å². The van der Waals surface area contributed by atoms with E-state index in [0.29, 0.717) is 23.7 Å². The first kappa shape index (κ1) is 13.5. The van der Waals surface area contributed by atoms with Crippen LogP contribution in [0, 0.1) is 0 Å². The van der Waals surface area contributed by atoms with Crippen LogP contribution in [-0.2, 0) is 13.1 Å². The molecule has 0 spiro atoms. The van der Waals surface area contributed by atoms with Crippen molar-refractivity contribution in [2.75, 3.05) is 5.73 Å². The van der Waals surface area contributed by atoms with E-state index in [1.165, 1.54) is 0 Å². The van der Waals surface area contributed by atoms with Gasteiger partial charge in [-0.1, -0.05) is 33.6 Å². The van der Waals surface area contributed by atoms with Gasteiger partial charge in [0.1, 0.15) is 0 Å². The van der Waals surface area contributed by atoms with Crippen molar-refractivity contribution in [2.45, 2.75) is 13.1 Å². The Labute approximate surface area is 130 Å². The second-order valence-electron chi connectivity index (χ2n) is 4.85. The first-order chi connectivity index (χ1) is 9.52. The Hall–Kier alpha value is -1.52. The van der Waals surface area contributed by atoms with Crippen molar-refractivity contribution in [1.82, 2.24) is 4.90 Å². The molecule has 5 heteroatoms. The van der Waals surface area contributed by atoms with Gasteiger partial charge in [-0.2, -0.15) is 0 Å². The minimum Gasteiger partial charge on any atom is -0.399 e.